The molecule has 4 rings (SSSR count). The Morgan fingerprint density at radius 1 is 1.04 bits per heavy atom. The van der Waals surface area contributed by atoms with Crippen LogP contribution >= 0.6 is 0 Å². The number of aromatic nitrogens is 2. The minimum absolute atomic E-state index is 0.154. The van der Waals surface area contributed by atoms with Crippen LogP contribution in [0.15, 0.2) is 71.5 Å². The van der Waals surface area contributed by atoms with Crippen molar-refractivity contribution in [1.82, 2.24) is 9.55 Å². The molecule has 0 radical (unpaired) electrons. The van der Waals surface area contributed by atoms with Crippen molar-refractivity contribution in [2.75, 3.05) is 5.73 Å². The summed E-state index contributed by atoms with van der Waals surface area (Å²) in [6.07, 6.45) is 0. The van der Waals surface area contributed by atoms with E-state index in [2.05, 4.69) is 4.98 Å². The molecule has 27 heavy (non-hydrogen) atoms. The summed E-state index contributed by atoms with van der Waals surface area (Å²) in [5.74, 6) is -0.459. The highest BCUT2D eigenvalue weighted by Gasteiger charge is 2.16. The highest BCUT2D eigenvalue weighted by atomic mass is 19.1. The maximum Gasteiger partial charge on any atom is 0.277 e. The molecule has 0 saturated carbocycles. The number of halogens is 1. The van der Waals surface area contributed by atoms with Crippen molar-refractivity contribution in [3.63, 3.8) is 0 Å². The predicted octanol–water partition coefficient (Wildman–Crippen LogP) is 4.14. The van der Waals surface area contributed by atoms with Crippen molar-refractivity contribution < 1.29 is 4.39 Å². The first-order chi connectivity index (χ1) is 13.0. The zero-order valence-corrected chi connectivity index (χ0v) is 14.8. The molecule has 0 aliphatic rings. The summed E-state index contributed by atoms with van der Waals surface area (Å²) in [6, 6.07) is 19.4. The molecule has 4 nitrogen and oxygen atoms in total. The zero-order chi connectivity index (χ0) is 19.0. The van der Waals surface area contributed by atoms with Crippen molar-refractivity contribution in [2.24, 2.45) is 0 Å². The van der Waals surface area contributed by atoms with Crippen molar-refractivity contribution in [3.05, 3.63) is 94.0 Å². The Morgan fingerprint density at radius 3 is 2.59 bits per heavy atom. The second kappa shape index (κ2) is 6.68. The topological polar surface area (TPSA) is 60.9 Å². The van der Waals surface area contributed by atoms with Crippen molar-refractivity contribution in [1.29, 1.82) is 0 Å². The fourth-order valence-corrected chi connectivity index (χ4v) is 3.19. The molecular formula is C22H18FN3O. The number of hydrogen-bond donors (Lipinski definition) is 1. The minimum atomic E-state index is -0.459. The van der Waals surface area contributed by atoms with Crippen LogP contribution in [-0.4, -0.2) is 9.55 Å². The van der Waals surface area contributed by atoms with E-state index < -0.39 is 5.82 Å². The lowest BCUT2D eigenvalue weighted by molar-refractivity contribution is 0.628. The van der Waals surface area contributed by atoms with E-state index in [1.54, 1.807) is 4.57 Å². The van der Waals surface area contributed by atoms with E-state index in [0.29, 0.717) is 23.3 Å². The average Bonchev–Trinajstić information content (AvgIpc) is 2.66. The smallest absolute Gasteiger partial charge is 0.277 e. The molecular weight excluding hydrogens is 341 g/mol. The lowest BCUT2D eigenvalue weighted by Gasteiger charge is -2.14. The van der Waals surface area contributed by atoms with Gasteiger partial charge in [-0.2, -0.15) is 0 Å². The van der Waals surface area contributed by atoms with Crippen LogP contribution < -0.4 is 11.3 Å². The summed E-state index contributed by atoms with van der Waals surface area (Å²) in [6.45, 7) is 2.36. The van der Waals surface area contributed by atoms with Crippen LogP contribution in [0.25, 0.3) is 22.3 Å². The van der Waals surface area contributed by atoms with Gasteiger partial charge in [-0.1, -0.05) is 36.4 Å². The number of hydrogen-bond acceptors (Lipinski definition) is 3. The van der Waals surface area contributed by atoms with E-state index in [-0.39, 0.29) is 11.3 Å². The molecule has 0 aliphatic carbocycles. The van der Waals surface area contributed by atoms with Gasteiger partial charge in [0.1, 0.15) is 11.5 Å². The Morgan fingerprint density at radius 2 is 1.81 bits per heavy atom. The number of anilines is 1. The first-order valence-corrected chi connectivity index (χ1v) is 8.63. The molecule has 0 atom stereocenters. The van der Waals surface area contributed by atoms with Gasteiger partial charge < -0.3 is 10.3 Å². The van der Waals surface area contributed by atoms with E-state index >= 15 is 0 Å². The standard InChI is InChI=1S/C22H18FN3O/c1-14-7-10-20-19(11-14)25-21(17-12-16(23)8-9-18(17)24)22(27)26(20)13-15-5-3-2-4-6-15/h2-12H,13,24H2,1H3. The largest absolute Gasteiger partial charge is 0.398 e. The normalized spacial score (nSPS) is 11.0. The Kier molecular flexibility index (Phi) is 4.20. The van der Waals surface area contributed by atoms with Gasteiger partial charge in [-0.05, 0) is 48.4 Å². The van der Waals surface area contributed by atoms with Crippen LogP contribution in [0, 0.1) is 12.7 Å². The number of nitrogens with zero attached hydrogens (tertiary/aromatic N) is 2. The third-order valence-electron chi connectivity index (χ3n) is 4.56. The van der Waals surface area contributed by atoms with Gasteiger partial charge in [-0.15, -0.1) is 0 Å². The lowest BCUT2D eigenvalue weighted by atomic mass is 10.1. The Balaban J connectivity index is 2.02. The van der Waals surface area contributed by atoms with Gasteiger partial charge in [0.05, 0.1) is 17.6 Å². The molecule has 0 spiro atoms. The van der Waals surface area contributed by atoms with E-state index in [1.165, 1.54) is 18.2 Å². The SMILES string of the molecule is Cc1ccc2c(c1)nc(-c1cc(F)ccc1N)c(=O)n2Cc1ccccc1. The third kappa shape index (κ3) is 3.19. The van der Waals surface area contributed by atoms with E-state index in [0.717, 1.165) is 16.6 Å². The monoisotopic (exact) mass is 359 g/mol. The predicted molar refractivity (Wildman–Crippen MR) is 106 cm³/mol. The second-order valence-corrected chi connectivity index (χ2v) is 6.56. The lowest BCUT2D eigenvalue weighted by Crippen LogP contribution is -2.24. The summed E-state index contributed by atoms with van der Waals surface area (Å²) < 4.78 is 15.5. The van der Waals surface area contributed by atoms with Crippen LogP contribution in [0.4, 0.5) is 10.1 Å². The highest BCUT2D eigenvalue weighted by molar-refractivity contribution is 5.81. The number of aryl methyl sites for hydroxylation is 1. The Bertz CT molecular complexity index is 1200. The van der Waals surface area contributed by atoms with Crippen molar-refractivity contribution >= 4 is 16.7 Å². The van der Waals surface area contributed by atoms with Gasteiger partial charge in [0.15, 0.2) is 0 Å². The molecule has 0 saturated heterocycles. The van der Waals surface area contributed by atoms with Gasteiger partial charge >= 0.3 is 0 Å². The van der Waals surface area contributed by atoms with Crippen molar-refractivity contribution in [2.45, 2.75) is 13.5 Å². The molecule has 134 valence electrons. The summed E-state index contributed by atoms with van der Waals surface area (Å²) in [5.41, 5.74) is 9.91. The van der Waals surface area contributed by atoms with Gasteiger partial charge in [-0.25, -0.2) is 9.37 Å². The summed E-state index contributed by atoms with van der Waals surface area (Å²) in [7, 11) is 0. The maximum absolute atomic E-state index is 13.8. The van der Waals surface area contributed by atoms with Gasteiger partial charge in [-0.3, -0.25) is 4.79 Å². The first-order valence-electron chi connectivity index (χ1n) is 8.63. The van der Waals surface area contributed by atoms with Gasteiger partial charge in [0.25, 0.3) is 5.56 Å². The highest BCUT2D eigenvalue weighted by Crippen LogP contribution is 2.25. The molecule has 0 amide bonds. The number of benzene rings is 3. The molecule has 0 fully saturated rings. The average molecular weight is 359 g/mol. The minimum Gasteiger partial charge on any atom is -0.398 e. The molecule has 0 unspecified atom stereocenters. The third-order valence-corrected chi connectivity index (χ3v) is 4.56. The molecule has 5 heteroatoms. The molecule has 2 N–H and O–H groups in total. The van der Waals surface area contributed by atoms with E-state index in [9.17, 15) is 9.18 Å². The number of fused-ring (bicyclic) bond motifs is 1. The van der Waals surface area contributed by atoms with Gasteiger partial charge in [0, 0.05) is 11.3 Å². The van der Waals surface area contributed by atoms with E-state index in [1.807, 2.05) is 55.5 Å². The summed E-state index contributed by atoms with van der Waals surface area (Å²) in [4.78, 5) is 17.8. The van der Waals surface area contributed by atoms with Crippen LogP contribution in [0.2, 0.25) is 0 Å². The number of rotatable bonds is 3. The summed E-state index contributed by atoms with van der Waals surface area (Å²) >= 11 is 0. The summed E-state index contributed by atoms with van der Waals surface area (Å²) in [5, 5.41) is 0. The van der Waals surface area contributed by atoms with Crippen LogP contribution in [0.1, 0.15) is 11.1 Å². The quantitative estimate of drug-likeness (QED) is 0.559. The fourth-order valence-electron chi connectivity index (χ4n) is 3.19. The molecule has 4 aromatic rings. The first kappa shape index (κ1) is 17.0. The van der Waals surface area contributed by atoms with E-state index in [4.69, 9.17) is 5.73 Å². The Labute approximate surface area is 155 Å². The molecule has 1 aromatic heterocycles. The van der Waals surface area contributed by atoms with Crippen LogP contribution in [0.5, 0.6) is 0 Å². The molecule has 0 bridgehead atoms. The second-order valence-electron chi connectivity index (χ2n) is 6.56. The van der Waals surface area contributed by atoms with Crippen LogP contribution in [0.3, 0.4) is 0 Å². The molecule has 3 aromatic carbocycles. The Hall–Kier alpha value is -3.47. The van der Waals surface area contributed by atoms with Crippen LogP contribution in [-0.2, 0) is 6.54 Å². The van der Waals surface area contributed by atoms with Crippen molar-refractivity contribution in [3.8, 4) is 11.3 Å². The zero-order valence-electron chi connectivity index (χ0n) is 14.8. The number of nitrogen functional groups attached to an aromatic ring is 1. The molecule has 1 heterocycles. The van der Waals surface area contributed by atoms with Gasteiger partial charge in [0.2, 0.25) is 0 Å². The number of nitrogens with two attached hydrogens (primary N) is 1. The molecule has 0 aliphatic heterocycles. The maximum atomic E-state index is 13.8. The fraction of sp³-hybridized carbons (Fsp3) is 0.0909.